The van der Waals surface area contributed by atoms with E-state index in [2.05, 4.69) is 15.9 Å². The molecule has 1 N–H and O–H groups in total. The molecule has 2 fully saturated rings. The molecule has 0 spiro atoms. The van der Waals surface area contributed by atoms with Crippen molar-refractivity contribution in [1.29, 1.82) is 0 Å². The summed E-state index contributed by atoms with van der Waals surface area (Å²) in [5.41, 5.74) is 0.349. The van der Waals surface area contributed by atoms with Crippen molar-refractivity contribution in [3.8, 4) is 0 Å². The molecule has 0 saturated heterocycles. The monoisotopic (exact) mass is 374 g/mol. The lowest BCUT2D eigenvalue weighted by Gasteiger charge is -2.41. The Morgan fingerprint density at radius 3 is 2.62 bits per heavy atom. The minimum atomic E-state index is -0.738. The maximum atomic E-state index is 14.1. The molecular formula is C17H21BrClFO. The molecule has 116 valence electrons. The third-order valence-corrected chi connectivity index (χ3v) is 6.58. The van der Waals surface area contributed by atoms with Crippen LogP contribution in [0.5, 0.6) is 0 Å². The van der Waals surface area contributed by atoms with Crippen LogP contribution in [-0.2, 0) is 0 Å². The SMILES string of the molecule is OC(c1cc(Cl)c(Br)cc1F)C1CCC2CCCCC2C1. The van der Waals surface area contributed by atoms with Gasteiger partial charge in [0.15, 0.2) is 0 Å². The molecule has 0 radical (unpaired) electrons. The van der Waals surface area contributed by atoms with Gasteiger partial charge in [0.25, 0.3) is 0 Å². The van der Waals surface area contributed by atoms with Crippen molar-refractivity contribution in [3.63, 3.8) is 0 Å². The largest absolute Gasteiger partial charge is 0.388 e. The van der Waals surface area contributed by atoms with Gasteiger partial charge in [-0.05, 0) is 65.1 Å². The summed E-state index contributed by atoms with van der Waals surface area (Å²) in [5.74, 6) is 1.35. The summed E-state index contributed by atoms with van der Waals surface area (Å²) < 4.78 is 14.7. The number of fused-ring (bicyclic) bond motifs is 1. The summed E-state index contributed by atoms with van der Waals surface area (Å²) in [4.78, 5) is 0. The molecule has 2 aliphatic rings. The van der Waals surface area contributed by atoms with E-state index >= 15 is 0 Å². The molecule has 0 aliphatic heterocycles. The number of halogens is 3. The smallest absolute Gasteiger partial charge is 0.130 e. The van der Waals surface area contributed by atoms with Crippen LogP contribution in [0.15, 0.2) is 16.6 Å². The molecule has 4 heteroatoms. The molecular weight excluding hydrogens is 355 g/mol. The molecule has 1 aromatic rings. The van der Waals surface area contributed by atoms with Crippen LogP contribution in [0.25, 0.3) is 0 Å². The highest BCUT2D eigenvalue weighted by Gasteiger charge is 2.36. The Morgan fingerprint density at radius 1 is 1.14 bits per heavy atom. The van der Waals surface area contributed by atoms with Crippen molar-refractivity contribution >= 4 is 27.5 Å². The van der Waals surface area contributed by atoms with E-state index in [0.29, 0.717) is 15.1 Å². The topological polar surface area (TPSA) is 20.2 Å². The second kappa shape index (κ2) is 6.55. The second-order valence-electron chi connectivity index (χ2n) is 6.61. The molecule has 2 saturated carbocycles. The van der Waals surface area contributed by atoms with Gasteiger partial charge < -0.3 is 5.11 Å². The highest BCUT2D eigenvalue weighted by molar-refractivity contribution is 9.10. The zero-order valence-corrected chi connectivity index (χ0v) is 14.3. The van der Waals surface area contributed by atoms with Crippen molar-refractivity contribution in [3.05, 3.63) is 33.0 Å². The number of rotatable bonds is 2. The average Bonchev–Trinajstić information content (AvgIpc) is 2.50. The summed E-state index contributed by atoms with van der Waals surface area (Å²) in [7, 11) is 0. The fourth-order valence-electron chi connectivity index (χ4n) is 4.21. The van der Waals surface area contributed by atoms with Gasteiger partial charge in [-0.25, -0.2) is 4.39 Å². The lowest BCUT2D eigenvalue weighted by molar-refractivity contribution is 0.0330. The first kappa shape index (κ1) is 15.8. The van der Waals surface area contributed by atoms with Crippen molar-refractivity contribution in [1.82, 2.24) is 0 Å². The third kappa shape index (κ3) is 3.30. The Labute approximate surface area is 139 Å². The van der Waals surface area contributed by atoms with Crippen LogP contribution in [-0.4, -0.2) is 5.11 Å². The number of hydrogen-bond acceptors (Lipinski definition) is 1. The van der Waals surface area contributed by atoms with E-state index in [-0.39, 0.29) is 11.7 Å². The van der Waals surface area contributed by atoms with Gasteiger partial charge in [-0.15, -0.1) is 0 Å². The first-order valence-electron chi connectivity index (χ1n) is 7.88. The molecule has 0 bridgehead atoms. The third-order valence-electron chi connectivity index (χ3n) is 5.39. The summed E-state index contributed by atoms with van der Waals surface area (Å²) in [5, 5.41) is 11.1. The van der Waals surface area contributed by atoms with E-state index in [9.17, 15) is 9.50 Å². The summed E-state index contributed by atoms with van der Waals surface area (Å²) in [6.07, 6.45) is 7.74. The van der Waals surface area contributed by atoms with Crippen LogP contribution < -0.4 is 0 Å². The predicted molar refractivity (Wildman–Crippen MR) is 86.9 cm³/mol. The molecule has 1 aromatic carbocycles. The first-order valence-corrected chi connectivity index (χ1v) is 9.06. The standard InChI is InChI=1S/C17H21BrClFO/c18-14-9-16(20)13(8-15(14)19)17(21)12-6-5-10-3-1-2-4-11(10)7-12/h8-12,17,21H,1-7H2. The van der Waals surface area contributed by atoms with Crippen LogP contribution in [0.4, 0.5) is 4.39 Å². The van der Waals surface area contributed by atoms with E-state index in [4.69, 9.17) is 11.6 Å². The van der Waals surface area contributed by atoms with Crippen molar-refractivity contribution in [2.45, 2.75) is 51.0 Å². The van der Waals surface area contributed by atoms with Crippen molar-refractivity contribution in [2.24, 2.45) is 17.8 Å². The van der Waals surface area contributed by atoms with Crippen LogP contribution in [0.2, 0.25) is 5.02 Å². The fourth-order valence-corrected chi connectivity index (χ4v) is 4.70. The Morgan fingerprint density at radius 2 is 1.86 bits per heavy atom. The summed E-state index contributed by atoms with van der Waals surface area (Å²) >= 11 is 9.27. The molecule has 4 atom stereocenters. The fraction of sp³-hybridized carbons (Fsp3) is 0.647. The lowest BCUT2D eigenvalue weighted by atomic mass is 9.66. The van der Waals surface area contributed by atoms with Gasteiger partial charge in [0, 0.05) is 10.0 Å². The van der Waals surface area contributed by atoms with E-state index in [1.54, 1.807) is 6.07 Å². The van der Waals surface area contributed by atoms with E-state index in [0.717, 1.165) is 24.7 Å². The molecule has 0 aromatic heterocycles. The Kier molecular flexibility index (Phi) is 4.92. The van der Waals surface area contributed by atoms with Crippen molar-refractivity contribution < 1.29 is 9.50 Å². The van der Waals surface area contributed by atoms with Gasteiger partial charge in [-0.1, -0.05) is 37.3 Å². The molecule has 3 rings (SSSR count). The molecule has 0 heterocycles. The minimum Gasteiger partial charge on any atom is -0.388 e. The Hall–Kier alpha value is -0.120. The lowest BCUT2D eigenvalue weighted by Crippen LogP contribution is -2.30. The normalized spacial score (nSPS) is 30.8. The van der Waals surface area contributed by atoms with Crippen molar-refractivity contribution in [2.75, 3.05) is 0 Å². The summed E-state index contributed by atoms with van der Waals surface area (Å²) in [6.45, 7) is 0. The van der Waals surface area contributed by atoms with E-state index < -0.39 is 6.10 Å². The van der Waals surface area contributed by atoms with Crippen LogP contribution in [0.3, 0.4) is 0 Å². The molecule has 0 amide bonds. The molecule has 1 nitrogen and oxygen atoms in total. The zero-order chi connectivity index (χ0) is 15.0. The number of benzene rings is 1. The number of aliphatic hydroxyl groups excluding tert-OH is 1. The molecule has 4 unspecified atom stereocenters. The average molecular weight is 376 g/mol. The van der Waals surface area contributed by atoms with Gasteiger partial charge in [-0.2, -0.15) is 0 Å². The Balaban J connectivity index is 1.76. The Bertz CT molecular complexity index is 522. The predicted octanol–water partition coefficient (Wildman–Crippen LogP) is 5.88. The summed E-state index contributed by atoms with van der Waals surface area (Å²) in [6, 6.07) is 2.92. The van der Waals surface area contributed by atoms with Gasteiger partial charge in [0.05, 0.1) is 11.1 Å². The van der Waals surface area contributed by atoms with Crippen LogP contribution >= 0.6 is 27.5 Å². The maximum Gasteiger partial charge on any atom is 0.130 e. The highest BCUT2D eigenvalue weighted by Crippen LogP contribution is 2.46. The van der Waals surface area contributed by atoms with Gasteiger partial charge >= 0.3 is 0 Å². The molecule has 2 aliphatic carbocycles. The highest BCUT2D eigenvalue weighted by atomic mass is 79.9. The van der Waals surface area contributed by atoms with Gasteiger partial charge in [0.2, 0.25) is 0 Å². The number of hydrogen-bond donors (Lipinski definition) is 1. The van der Waals surface area contributed by atoms with Gasteiger partial charge in [-0.3, -0.25) is 0 Å². The second-order valence-corrected chi connectivity index (χ2v) is 7.87. The van der Waals surface area contributed by atoms with Crippen LogP contribution in [0.1, 0.15) is 56.6 Å². The molecule has 21 heavy (non-hydrogen) atoms. The van der Waals surface area contributed by atoms with Gasteiger partial charge in [0.1, 0.15) is 5.82 Å². The van der Waals surface area contributed by atoms with Crippen LogP contribution in [0, 0.1) is 23.6 Å². The van der Waals surface area contributed by atoms with E-state index in [1.807, 2.05) is 0 Å². The zero-order valence-electron chi connectivity index (χ0n) is 12.0. The quantitative estimate of drug-likeness (QED) is 0.640. The number of aliphatic hydroxyl groups is 1. The van der Waals surface area contributed by atoms with E-state index in [1.165, 1.54) is 38.2 Å². The maximum absolute atomic E-state index is 14.1. The minimum absolute atomic E-state index is 0.163. The first-order chi connectivity index (χ1) is 10.1.